The summed E-state index contributed by atoms with van der Waals surface area (Å²) in [5, 5.41) is 4.09. The van der Waals surface area contributed by atoms with E-state index in [0.717, 1.165) is 0 Å². The lowest BCUT2D eigenvalue weighted by Gasteiger charge is -2.01. The molecular weight excluding hydrogens is 195 g/mol. The molecule has 0 saturated heterocycles. The number of rotatable bonds is 1. The Morgan fingerprint density at radius 1 is 1.40 bits per heavy atom. The van der Waals surface area contributed by atoms with Crippen molar-refractivity contribution in [2.24, 2.45) is 7.05 Å². The fraction of sp³-hybridized carbons (Fsp3) is 0.200. The monoisotopic (exact) mass is 206 g/mol. The summed E-state index contributed by atoms with van der Waals surface area (Å²) in [6.07, 6.45) is 0. The van der Waals surface area contributed by atoms with Gasteiger partial charge in [-0.05, 0) is 25.1 Å². The molecule has 2 rings (SSSR count). The van der Waals surface area contributed by atoms with E-state index >= 15 is 0 Å². The molecule has 2 N–H and O–H groups in total. The Kier molecular flexibility index (Phi) is 2.15. The van der Waals surface area contributed by atoms with Crippen molar-refractivity contribution in [3.8, 4) is 11.4 Å². The molecule has 78 valence electrons. The van der Waals surface area contributed by atoms with E-state index in [1.54, 1.807) is 24.7 Å². The Labute approximate surface area is 86.6 Å². The molecule has 1 aromatic carbocycles. The molecule has 0 radical (unpaired) electrons. The number of aromatic nitrogens is 3. The maximum atomic E-state index is 13.2. The van der Waals surface area contributed by atoms with Gasteiger partial charge in [0.25, 0.3) is 0 Å². The fourth-order valence-electron chi connectivity index (χ4n) is 1.43. The van der Waals surface area contributed by atoms with E-state index in [-0.39, 0.29) is 5.69 Å². The average molecular weight is 206 g/mol. The summed E-state index contributed by atoms with van der Waals surface area (Å²) in [7, 11) is 1.77. The molecule has 0 aliphatic heterocycles. The van der Waals surface area contributed by atoms with Crippen molar-refractivity contribution in [2.45, 2.75) is 6.92 Å². The van der Waals surface area contributed by atoms with Crippen LogP contribution in [0, 0.1) is 12.7 Å². The van der Waals surface area contributed by atoms with Gasteiger partial charge in [0.1, 0.15) is 11.6 Å². The standard InChI is InChI=1S/C10H11FN4/c1-6-13-10(15(2)14-6)7-3-4-9(12)8(11)5-7/h3-5H,12H2,1-2H3. The fourth-order valence-corrected chi connectivity index (χ4v) is 1.43. The van der Waals surface area contributed by atoms with E-state index in [1.165, 1.54) is 12.1 Å². The lowest BCUT2D eigenvalue weighted by atomic mass is 10.2. The Hall–Kier alpha value is -1.91. The first-order valence-electron chi connectivity index (χ1n) is 4.51. The minimum absolute atomic E-state index is 0.137. The molecule has 5 heteroatoms. The first-order valence-corrected chi connectivity index (χ1v) is 4.51. The molecule has 0 aliphatic carbocycles. The van der Waals surface area contributed by atoms with Gasteiger partial charge in [-0.2, -0.15) is 5.10 Å². The van der Waals surface area contributed by atoms with Crippen molar-refractivity contribution in [1.29, 1.82) is 0 Å². The molecule has 4 nitrogen and oxygen atoms in total. The number of nitrogens with two attached hydrogens (primary N) is 1. The molecule has 0 atom stereocenters. The second kappa shape index (κ2) is 3.34. The van der Waals surface area contributed by atoms with Gasteiger partial charge in [-0.1, -0.05) is 0 Å². The zero-order valence-electron chi connectivity index (χ0n) is 8.53. The summed E-state index contributed by atoms with van der Waals surface area (Å²) in [5.74, 6) is 0.851. The summed E-state index contributed by atoms with van der Waals surface area (Å²) < 4.78 is 14.8. The first kappa shape index (κ1) is 9.64. The summed E-state index contributed by atoms with van der Waals surface area (Å²) in [6, 6.07) is 4.61. The number of halogens is 1. The number of nitrogen functional groups attached to an aromatic ring is 1. The third kappa shape index (κ3) is 1.68. The highest BCUT2D eigenvalue weighted by molar-refractivity contribution is 5.59. The van der Waals surface area contributed by atoms with E-state index in [1.807, 2.05) is 0 Å². The molecule has 0 unspecified atom stereocenters. The van der Waals surface area contributed by atoms with Crippen LogP contribution in [0.25, 0.3) is 11.4 Å². The minimum Gasteiger partial charge on any atom is -0.396 e. The van der Waals surface area contributed by atoms with Crippen molar-refractivity contribution in [3.63, 3.8) is 0 Å². The summed E-state index contributed by atoms with van der Waals surface area (Å²) in [4.78, 5) is 4.20. The minimum atomic E-state index is -0.437. The molecule has 1 heterocycles. The topological polar surface area (TPSA) is 56.7 Å². The van der Waals surface area contributed by atoms with Crippen molar-refractivity contribution >= 4 is 5.69 Å². The smallest absolute Gasteiger partial charge is 0.158 e. The van der Waals surface area contributed by atoms with Gasteiger partial charge in [-0.3, -0.25) is 0 Å². The average Bonchev–Trinajstić information content (AvgIpc) is 2.50. The van der Waals surface area contributed by atoms with Crippen molar-refractivity contribution in [2.75, 3.05) is 5.73 Å². The molecule has 0 aliphatic rings. The van der Waals surface area contributed by atoms with Gasteiger partial charge < -0.3 is 5.73 Å². The van der Waals surface area contributed by atoms with Crippen LogP contribution in [0.2, 0.25) is 0 Å². The van der Waals surface area contributed by atoms with Crippen LogP contribution in [-0.2, 0) is 7.05 Å². The number of benzene rings is 1. The van der Waals surface area contributed by atoms with E-state index in [0.29, 0.717) is 17.2 Å². The molecule has 2 aromatic rings. The lowest BCUT2D eigenvalue weighted by molar-refractivity contribution is 0.632. The molecule has 15 heavy (non-hydrogen) atoms. The zero-order valence-corrected chi connectivity index (χ0v) is 8.53. The molecular formula is C10H11FN4. The third-order valence-corrected chi connectivity index (χ3v) is 2.13. The number of aryl methyl sites for hydroxylation is 2. The summed E-state index contributed by atoms with van der Waals surface area (Å²) >= 11 is 0. The number of nitrogens with zero attached hydrogens (tertiary/aromatic N) is 3. The Bertz CT molecular complexity index is 504. The normalized spacial score (nSPS) is 10.6. The third-order valence-electron chi connectivity index (χ3n) is 2.13. The van der Waals surface area contributed by atoms with Gasteiger partial charge in [-0.15, -0.1) is 0 Å². The van der Waals surface area contributed by atoms with Crippen LogP contribution in [0.5, 0.6) is 0 Å². The molecule has 0 fully saturated rings. The summed E-state index contributed by atoms with van der Waals surface area (Å²) in [5.41, 5.74) is 6.20. The largest absolute Gasteiger partial charge is 0.396 e. The van der Waals surface area contributed by atoms with Gasteiger partial charge in [0.05, 0.1) is 5.69 Å². The predicted octanol–water partition coefficient (Wildman–Crippen LogP) is 1.51. The predicted molar refractivity (Wildman–Crippen MR) is 55.5 cm³/mol. The van der Waals surface area contributed by atoms with E-state index < -0.39 is 5.82 Å². The van der Waals surface area contributed by atoms with E-state index in [4.69, 9.17) is 5.73 Å². The molecule has 0 bridgehead atoms. The van der Waals surface area contributed by atoms with Crippen molar-refractivity contribution < 1.29 is 4.39 Å². The quantitative estimate of drug-likeness (QED) is 0.719. The van der Waals surface area contributed by atoms with Crippen molar-refractivity contribution in [3.05, 3.63) is 29.8 Å². The zero-order chi connectivity index (χ0) is 11.0. The van der Waals surface area contributed by atoms with Crippen LogP contribution in [0.15, 0.2) is 18.2 Å². The second-order valence-electron chi connectivity index (χ2n) is 3.34. The number of hydrogen-bond donors (Lipinski definition) is 1. The highest BCUT2D eigenvalue weighted by atomic mass is 19.1. The highest BCUT2D eigenvalue weighted by Crippen LogP contribution is 2.20. The Morgan fingerprint density at radius 2 is 2.13 bits per heavy atom. The first-order chi connectivity index (χ1) is 7.08. The van der Waals surface area contributed by atoms with Gasteiger partial charge in [-0.25, -0.2) is 14.1 Å². The van der Waals surface area contributed by atoms with Crippen LogP contribution in [0.1, 0.15) is 5.82 Å². The number of hydrogen-bond acceptors (Lipinski definition) is 3. The lowest BCUT2D eigenvalue weighted by Crippen LogP contribution is -1.96. The van der Waals surface area contributed by atoms with Crippen LogP contribution >= 0.6 is 0 Å². The second-order valence-corrected chi connectivity index (χ2v) is 3.34. The van der Waals surface area contributed by atoms with Crippen molar-refractivity contribution in [1.82, 2.24) is 14.8 Å². The molecule has 1 aromatic heterocycles. The maximum absolute atomic E-state index is 13.2. The van der Waals surface area contributed by atoms with Gasteiger partial charge >= 0.3 is 0 Å². The Balaban J connectivity index is 2.54. The van der Waals surface area contributed by atoms with Gasteiger partial charge in [0.15, 0.2) is 5.82 Å². The van der Waals surface area contributed by atoms with Crippen LogP contribution < -0.4 is 5.73 Å². The summed E-state index contributed by atoms with van der Waals surface area (Å²) in [6.45, 7) is 1.79. The van der Waals surface area contributed by atoms with Crippen LogP contribution in [0.3, 0.4) is 0 Å². The number of anilines is 1. The SMILES string of the molecule is Cc1nc(-c2ccc(N)c(F)c2)n(C)n1. The molecule has 0 spiro atoms. The Morgan fingerprint density at radius 3 is 2.67 bits per heavy atom. The molecule has 0 amide bonds. The molecule has 0 saturated carbocycles. The van der Waals surface area contributed by atoms with E-state index in [2.05, 4.69) is 10.1 Å². The van der Waals surface area contributed by atoms with Crippen LogP contribution in [0.4, 0.5) is 10.1 Å². The highest BCUT2D eigenvalue weighted by Gasteiger charge is 2.08. The van der Waals surface area contributed by atoms with E-state index in [9.17, 15) is 4.39 Å². The van der Waals surface area contributed by atoms with Gasteiger partial charge in [0.2, 0.25) is 0 Å². The van der Waals surface area contributed by atoms with Crippen LogP contribution in [-0.4, -0.2) is 14.8 Å². The van der Waals surface area contributed by atoms with Gasteiger partial charge in [0, 0.05) is 12.6 Å². The maximum Gasteiger partial charge on any atom is 0.158 e.